The Morgan fingerprint density at radius 1 is 1.44 bits per heavy atom. The second-order valence-electron chi connectivity index (χ2n) is 6.82. The standard InChI is InChI=1S/C18H27F2N3OS/c1-3-11(2)17(21)18(24)23(9-12-7-13(25)8-22-12)10-14-15(19)5-4-6-16(14)20/h4-6,11-13,17,22,25H,3,7-10,21H2,1-2H3/t11-,12+,13+,17-/m0/s1. The van der Waals surface area contributed by atoms with Crippen LogP contribution in [0.2, 0.25) is 0 Å². The Bertz CT molecular complexity index is 581. The molecule has 1 saturated heterocycles. The Balaban J connectivity index is 2.20. The quantitative estimate of drug-likeness (QED) is 0.645. The molecule has 140 valence electrons. The van der Waals surface area contributed by atoms with Gasteiger partial charge in [0.1, 0.15) is 11.6 Å². The van der Waals surface area contributed by atoms with Crippen molar-refractivity contribution in [1.82, 2.24) is 10.2 Å². The van der Waals surface area contributed by atoms with E-state index in [0.29, 0.717) is 6.54 Å². The van der Waals surface area contributed by atoms with Crippen molar-refractivity contribution in [2.24, 2.45) is 11.7 Å². The van der Waals surface area contributed by atoms with Gasteiger partial charge in [-0.2, -0.15) is 12.6 Å². The molecule has 0 radical (unpaired) electrons. The van der Waals surface area contributed by atoms with Crippen LogP contribution in [0.4, 0.5) is 8.78 Å². The van der Waals surface area contributed by atoms with Crippen LogP contribution in [-0.4, -0.2) is 41.2 Å². The van der Waals surface area contributed by atoms with Gasteiger partial charge in [0, 0.05) is 29.9 Å². The van der Waals surface area contributed by atoms with E-state index in [1.807, 2.05) is 13.8 Å². The Kier molecular flexibility index (Phi) is 7.22. The topological polar surface area (TPSA) is 58.4 Å². The van der Waals surface area contributed by atoms with Crippen LogP contribution in [-0.2, 0) is 11.3 Å². The van der Waals surface area contributed by atoms with Crippen LogP contribution in [0.1, 0.15) is 32.3 Å². The van der Waals surface area contributed by atoms with E-state index in [-0.39, 0.29) is 35.2 Å². The second-order valence-corrected chi connectivity index (χ2v) is 7.56. The molecular formula is C18H27F2N3OS. The molecule has 0 aliphatic carbocycles. The number of hydrogen-bond donors (Lipinski definition) is 3. The summed E-state index contributed by atoms with van der Waals surface area (Å²) >= 11 is 4.44. The normalized spacial score (nSPS) is 22.6. The molecule has 3 N–H and O–H groups in total. The van der Waals surface area contributed by atoms with Crippen LogP contribution >= 0.6 is 12.6 Å². The fraction of sp³-hybridized carbons (Fsp3) is 0.611. The predicted octanol–water partition coefficient (Wildman–Crippen LogP) is 2.33. The first kappa shape index (κ1) is 20.1. The van der Waals surface area contributed by atoms with Crippen LogP contribution in [0.15, 0.2) is 18.2 Å². The first-order valence-corrected chi connectivity index (χ1v) is 9.23. The summed E-state index contributed by atoms with van der Waals surface area (Å²) in [6.07, 6.45) is 1.56. The first-order valence-electron chi connectivity index (χ1n) is 8.72. The van der Waals surface area contributed by atoms with Gasteiger partial charge in [-0.15, -0.1) is 0 Å². The van der Waals surface area contributed by atoms with Crippen LogP contribution in [0.25, 0.3) is 0 Å². The summed E-state index contributed by atoms with van der Waals surface area (Å²) in [6.45, 7) is 4.84. The van der Waals surface area contributed by atoms with Gasteiger partial charge < -0.3 is 16.0 Å². The number of hydrogen-bond acceptors (Lipinski definition) is 4. The number of nitrogens with one attached hydrogen (secondary N) is 1. The first-order chi connectivity index (χ1) is 11.8. The number of halogens is 2. The van der Waals surface area contributed by atoms with E-state index in [9.17, 15) is 13.6 Å². The summed E-state index contributed by atoms with van der Waals surface area (Å²) in [6, 6.07) is 3.08. The van der Waals surface area contributed by atoms with E-state index in [1.165, 1.54) is 23.1 Å². The van der Waals surface area contributed by atoms with Crippen LogP contribution in [0.5, 0.6) is 0 Å². The van der Waals surface area contributed by atoms with Gasteiger partial charge in [-0.05, 0) is 24.5 Å². The SMILES string of the molecule is CC[C@H](C)[C@H](N)C(=O)N(Cc1c(F)cccc1F)C[C@H]1C[C@@H](S)CN1. The van der Waals surface area contributed by atoms with E-state index in [1.54, 1.807) is 0 Å². The van der Waals surface area contributed by atoms with Crippen molar-refractivity contribution < 1.29 is 13.6 Å². The van der Waals surface area contributed by atoms with Crippen LogP contribution in [0, 0.1) is 17.6 Å². The highest BCUT2D eigenvalue weighted by molar-refractivity contribution is 7.81. The fourth-order valence-corrected chi connectivity index (χ4v) is 3.38. The molecule has 2 rings (SSSR count). The largest absolute Gasteiger partial charge is 0.335 e. The minimum atomic E-state index is -0.687. The lowest BCUT2D eigenvalue weighted by Crippen LogP contribution is -2.50. The molecule has 1 heterocycles. The number of carbonyl (C=O) groups is 1. The maximum absolute atomic E-state index is 14.0. The van der Waals surface area contributed by atoms with Crippen LogP contribution in [0.3, 0.4) is 0 Å². The Morgan fingerprint density at radius 2 is 2.08 bits per heavy atom. The molecule has 1 aliphatic heterocycles. The number of nitrogens with zero attached hydrogens (tertiary/aromatic N) is 1. The predicted molar refractivity (Wildman–Crippen MR) is 98.4 cm³/mol. The average Bonchev–Trinajstić information content (AvgIpc) is 3.00. The summed E-state index contributed by atoms with van der Waals surface area (Å²) in [5.41, 5.74) is 5.99. The van der Waals surface area contributed by atoms with E-state index in [0.717, 1.165) is 19.4 Å². The van der Waals surface area contributed by atoms with Gasteiger partial charge in [0.2, 0.25) is 5.91 Å². The van der Waals surface area contributed by atoms with Gasteiger partial charge >= 0.3 is 0 Å². The molecule has 1 amide bonds. The monoisotopic (exact) mass is 371 g/mol. The molecule has 0 unspecified atom stereocenters. The van der Waals surface area contributed by atoms with Crippen molar-refractivity contribution in [2.75, 3.05) is 13.1 Å². The van der Waals surface area contributed by atoms with E-state index >= 15 is 0 Å². The Labute approximate surface area is 153 Å². The third kappa shape index (κ3) is 5.15. The summed E-state index contributed by atoms with van der Waals surface area (Å²) in [4.78, 5) is 14.3. The lowest BCUT2D eigenvalue weighted by molar-refractivity contribution is -0.134. The van der Waals surface area contributed by atoms with Gasteiger partial charge in [0.05, 0.1) is 12.6 Å². The summed E-state index contributed by atoms with van der Waals surface area (Å²) < 4.78 is 28.1. The molecule has 1 aliphatic rings. The number of carbonyl (C=O) groups excluding carboxylic acids is 1. The van der Waals surface area contributed by atoms with Crippen molar-refractivity contribution in [1.29, 1.82) is 0 Å². The minimum Gasteiger partial charge on any atom is -0.335 e. The molecule has 0 aromatic heterocycles. The number of rotatable bonds is 7. The highest BCUT2D eigenvalue weighted by Crippen LogP contribution is 2.20. The van der Waals surface area contributed by atoms with Crippen molar-refractivity contribution in [3.8, 4) is 0 Å². The Hall–Kier alpha value is -1.18. The third-order valence-electron chi connectivity index (χ3n) is 4.90. The smallest absolute Gasteiger partial charge is 0.240 e. The van der Waals surface area contributed by atoms with Gasteiger partial charge in [0.25, 0.3) is 0 Å². The molecular weight excluding hydrogens is 344 g/mol. The van der Waals surface area contributed by atoms with Crippen molar-refractivity contribution in [2.45, 2.75) is 50.6 Å². The van der Waals surface area contributed by atoms with Crippen molar-refractivity contribution in [3.63, 3.8) is 0 Å². The number of benzene rings is 1. The van der Waals surface area contributed by atoms with Crippen LogP contribution < -0.4 is 11.1 Å². The lowest BCUT2D eigenvalue weighted by Gasteiger charge is -2.30. The van der Waals surface area contributed by atoms with Crippen molar-refractivity contribution >= 4 is 18.5 Å². The molecule has 0 spiro atoms. The summed E-state index contributed by atoms with van der Waals surface area (Å²) in [5, 5.41) is 3.51. The molecule has 0 bridgehead atoms. The number of nitrogens with two attached hydrogens (primary N) is 1. The molecule has 7 heteroatoms. The fourth-order valence-electron chi connectivity index (χ4n) is 3.02. The van der Waals surface area contributed by atoms with E-state index < -0.39 is 17.7 Å². The second kappa shape index (κ2) is 8.96. The summed E-state index contributed by atoms with van der Waals surface area (Å²) in [7, 11) is 0. The molecule has 1 aromatic rings. The van der Waals surface area contributed by atoms with E-state index in [4.69, 9.17) is 5.73 Å². The Morgan fingerprint density at radius 3 is 2.60 bits per heavy atom. The van der Waals surface area contributed by atoms with Gasteiger partial charge in [-0.25, -0.2) is 8.78 Å². The zero-order valence-electron chi connectivity index (χ0n) is 14.7. The maximum Gasteiger partial charge on any atom is 0.240 e. The molecule has 1 aromatic carbocycles. The minimum absolute atomic E-state index is 0.00497. The average molecular weight is 371 g/mol. The third-order valence-corrected chi connectivity index (χ3v) is 5.30. The van der Waals surface area contributed by atoms with Gasteiger partial charge in [-0.1, -0.05) is 26.3 Å². The number of thiol groups is 1. The highest BCUT2D eigenvalue weighted by atomic mass is 32.1. The van der Waals surface area contributed by atoms with E-state index in [2.05, 4.69) is 17.9 Å². The molecule has 4 atom stereocenters. The summed E-state index contributed by atoms with van der Waals surface area (Å²) in [5.74, 6) is -1.58. The zero-order chi connectivity index (χ0) is 18.6. The number of amides is 1. The molecule has 0 saturated carbocycles. The molecule has 4 nitrogen and oxygen atoms in total. The maximum atomic E-state index is 14.0. The zero-order valence-corrected chi connectivity index (χ0v) is 15.6. The lowest BCUT2D eigenvalue weighted by atomic mass is 9.98. The van der Waals surface area contributed by atoms with Crippen molar-refractivity contribution in [3.05, 3.63) is 35.4 Å². The van der Waals surface area contributed by atoms with Gasteiger partial charge in [-0.3, -0.25) is 4.79 Å². The highest BCUT2D eigenvalue weighted by Gasteiger charge is 2.30. The van der Waals surface area contributed by atoms with Gasteiger partial charge in [0.15, 0.2) is 0 Å². The molecule has 25 heavy (non-hydrogen) atoms. The molecule has 1 fully saturated rings.